The second-order valence-corrected chi connectivity index (χ2v) is 3.24. The number of aromatic nitrogens is 1. The van der Waals surface area contributed by atoms with Crippen LogP contribution < -0.4 is 4.74 Å². The normalized spacial score (nSPS) is 9.77. The highest BCUT2D eigenvalue weighted by atomic mass is 79.9. The molecule has 0 saturated carbocycles. The van der Waals surface area contributed by atoms with Gasteiger partial charge in [0.05, 0.1) is 11.6 Å². The van der Waals surface area contributed by atoms with Crippen LogP contribution in [0.2, 0.25) is 0 Å². The van der Waals surface area contributed by atoms with Gasteiger partial charge in [-0.2, -0.15) is 0 Å². The van der Waals surface area contributed by atoms with E-state index in [9.17, 15) is 4.79 Å². The summed E-state index contributed by atoms with van der Waals surface area (Å²) in [6.07, 6.45) is 1.48. The molecule has 1 N–H and O–H groups in total. The Morgan fingerprint density at radius 1 is 1.69 bits per heavy atom. The van der Waals surface area contributed by atoms with Crippen LogP contribution in [-0.4, -0.2) is 23.2 Å². The molecule has 0 unspecified atom stereocenters. The van der Waals surface area contributed by atoms with E-state index in [0.717, 1.165) is 5.56 Å². The SMILES string of the molecule is COc1c(C(=O)O)ncc(C)c1Br. The van der Waals surface area contributed by atoms with Crippen LogP contribution in [0.1, 0.15) is 16.1 Å². The van der Waals surface area contributed by atoms with Crippen LogP contribution in [0.5, 0.6) is 5.75 Å². The van der Waals surface area contributed by atoms with Gasteiger partial charge in [-0.15, -0.1) is 0 Å². The molecule has 0 amide bonds. The minimum atomic E-state index is -1.10. The van der Waals surface area contributed by atoms with Crippen molar-refractivity contribution in [2.75, 3.05) is 7.11 Å². The zero-order valence-corrected chi connectivity index (χ0v) is 8.75. The number of carbonyl (C=O) groups is 1. The number of carboxylic acid groups (broad SMARTS) is 1. The highest BCUT2D eigenvalue weighted by Crippen LogP contribution is 2.30. The minimum absolute atomic E-state index is 0.0834. The van der Waals surface area contributed by atoms with Gasteiger partial charge in [-0.3, -0.25) is 0 Å². The standard InChI is InChI=1S/C8H8BrNO3/c1-4-3-10-6(8(11)12)7(13-2)5(4)9/h3H,1-2H3,(H,11,12). The summed E-state index contributed by atoms with van der Waals surface area (Å²) in [5.74, 6) is -0.843. The van der Waals surface area contributed by atoms with Gasteiger partial charge in [-0.1, -0.05) is 0 Å². The first-order chi connectivity index (χ1) is 6.07. The molecule has 0 radical (unpaired) electrons. The van der Waals surface area contributed by atoms with Gasteiger partial charge in [0, 0.05) is 6.20 Å². The molecule has 0 saturated heterocycles. The largest absolute Gasteiger partial charge is 0.493 e. The summed E-state index contributed by atoms with van der Waals surface area (Å²) >= 11 is 3.23. The first-order valence-electron chi connectivity index (χ1n) is 3.50. The molecule has 5 heteroatoms. The molecule has 70 valence electrons. The molecule has 0 fully saturated rings. The number of aromatic carboxylic acids is 1. The van der Waals surface area contributed by atoms with Gasteiger partial charge < -0.3 is 9.84 Å². The molecule has 0 aromatic carbocycles. The fourth-order valence-electron chi connectivity index (χ4n) is 0.898. The second-order valence-electron chi connectivity index (χ2n) is 2.44. The van der Waals surface area contributed by atoms with Crippen molar-refractivity contribution in [3.8, 4) is 5.75 Å². The Balaban J connectivity index is 3.38. The Hall–Kier alpha value is -1.10. The molecule has 13 heavy (non-hydrogen) atoms. The third kappa shape index (κ3) is 1.80. The smallest absolute Gasteiger partial charge is 0.358 e. The zero-order chi connectivity index (χ0) is 10.0. The Morgan fingerprint density at radius 2 is 2.31 bits per heavy atom. The van der Waals surface area contributed by atoms with Gasteiger partial charge >= 0.3 is 5.97 Å². The van der Waals surface area contributed by atoms with Crippen molar-refractivity contribution in [1.82, 2.24) is 4.98 Å². The highest BCUT2D eigenvalue weighted by Gasteiger charge is 2.16. The number of methoxy groups -OCH3 is 1. The molecular formula is C8H8BrNO3. The van der Waals surface area contributed by atoms with Crippen molar-refractivity contribution < 1.29 is 14.6 Å². The first kappa shape index (κ1) is 9.98. The molecule has 0 bridgehead atoms. The minimum Gasteiger partial charge on any atom is -0.493 e. The van der Waals surface area contributed by atoms with Crippen molar-refractivity contribution in [1.29, 1.82) is 0 Å². The van der Waals surface area contributed by atoms with Gasteiger partial charge in [0.1, 0.15) is 0 Å². The van der Waals surface area contributed by atoms with Crippen LogP contribution in [0.3, 0.4) is 0 Å². The van der Waals surface area contributed by atoms with Crippen LogP contribution in [0.25, 0.3) is 0 Å². The summed E-state index contributed by atoms with van der Waals surface area (Å²) in [6, 6.07) is 0. The quantitative estimate of drug-likeness (QED) is 0.865. The maximum absolute atomic E-state index is 10.7. The van der Waals surface area contributed by atoms with E-state index >= 15 is 0 Å². The summed E-state index contributed by atoms with van der Waals surface area (Å²) in [5.41, 5.74) is 0.752. The lowest BCUT2D eigenvalue weighted by molar-refractivity contribution is 0.0686. The summed E-state index contributed by atoms with van der Waals surface area (Å²) in [7, 11) is 1.41. The lowest BCUT2D eigenvalue weighted by Crippen LogP contribution is -2.04. The average Bonchev–Trinajstić information content (AvgIpc) is 2.09. The van der Waals surface area contributed by atoms with Crippen molar-refractivity contribution >= 4 is 21.9 Å². The number of nitrogens with zero attached hydrogens (tertiary/aromatic N) is 1. The molecule has 0 atom stereocenters. The summed E-state index contributed by atoms with van der Waals surface area (Å²) in [5, 5.41) is 8.75. The van der Waals surface area contributed by atoms with Crippen molar-refractivity contribution in [3.63, 3.8) is 0 Å². The molecule has 4 nitrogen and oxygen atoms in total. The van der Waals surface area contributed by atoms with E-state index in [1.807, 2.05) is 6.92 Å². The number of pyridine rings is 1. The molecule has 1 heterocycles. The molecule has 1 aromatic rings. The third-order valence-corrected chi connectivity index (χ3v) is 2.54. The number of hydrogen-bond acceptors (Lipinski definition) is 3. The number of hydrogen-bond donors (Lipinski definition) is 1. The number of rotatable bonds is 2. The Kier molecular flexibility index (Phi) is 2.87. The lowest BCUT2D eigenvalue weighted by atomic mass is 10.2. The molecule has 0 aliphatic carbocycles. The predicted molar refractivity (Wildman–Crippen MR) is 50.2 cm³/mol. The lowest BCUT2D eigenvalue weighted by Gasteiger charge is -2.07. The van der Waals surface area contributed by atoms with E-state index in [1.165, 1.54) is 13.3 Å². The predicted octanol–water partition coefficient (Wildman–Crippen LogP) is 1.86. The molecular weight excluding hydrogens is 238 g/mol. The number of aryl methyl sites for hydroxylation is 1. The van der Waals surface area contributed by atoms with Crippen LogP contribution >= 0.6 is 15.9 Å². The number of ether oxygens (including phenoxy) is 1. The first-order valence-corrected chi connectivity index (χ1v) is 4.29. The topological polar surface area (TPSA) is 59.4 Å². The maximum Gasteiger partial charge on any atom is 0.358 e. The second kappa shape index (κ2) is 3.74. The molecule has 0 aliphatic rings. The monoisotopic (exact) mass is 245 g/mol. The Labute approximate surface area is 83.7 Å². The van der Waals surface area contributed by atoms with Crippen LogP contribution in [-0.2, 0) is 0 Å². The molecule has 1 aromatic heterocycles. The van der Waals surface area contributed by atoms with Crippen LogP contribution in [0.4, 0.5) is 0 Å². The van der Waals surface area contributed by atoms with E-state index in [4.69, 9.17) is 9.84 Å². The van der Waals surface area contributed by atoms with E-state index in [0.29, 0.717) is 4.47 Å². The number of carboxylic acids is 1. The Morgan fingerprint density at radius 3 is 2.77 bits per heavy atom. The van der Waals surface area contributed by atoms with Crippen molar-refractivity contribution in [3.05, 3.63) is 21.9 Å². The fourth-order valence-corrected chi connectivity index (χ4v) is 1.35. The van der Waals surface area contributed by atoms with Crippen molar-refractivity contribution in [2.24, 2.45) is 0 Å². The van der Waals surface area contributed by atoms with E-state index in [-0.39, 0.29) is 11.4 Å². The van der Waals surface area contributed by atoms with Crippen molar-refractivity contribution in [2.45, 2.75) is 6.92 Å². The third-order valence-electron chi connectivity index (χ3n) is 1.55. The molecule has 0 aliphatic heterocycles. The average molecular weight is 246 g/mol. The van der Waals surface area contributed by atoms with E-state index in [2.05, 4.69) is 20.9 Å². The molecule has 1 rings (SSSR count). The fraction of sp³-hybridized carbons (Fsp3) is 0.250. The van der Waals surface area contributed by atoms with Gasteiger partial charge in [-0.25, -0.2) is 9.78 Å². The summed E-state index contributed by atoms with van der Waals surface area (Å²) in [4.78, 5) is 14.4. The summed E-state index contributed by atoms with van der Waals surface area (Å²) in [6.45, 7) is 1.81. The van der Waals surface area contributed by atoms with Gasteiger partial charge in [-0.05, 0) is 28.4 Å². The summed E-state index contributed by atoms with van der Waals surface area (Å²) < 4.78 is 5.56. The zero-order valence-electron chi connectivity index (χ0n) is 7.17. The van der Waals surface area contributed by atoms with Gasteiger partial charge in [0.15, 0.2) is 11.4 Å². The van der Waals surface area contributed by atoms with E-state index in [1.54, 1.807) is 0 Å². The van der Waals surface area contributed by atoms with Crippen LogP contribution in [0, 0.1) is 6.92 Å². The highest BCUT2D eigenvalue weighted by molar-refractivity contribution is 9.10. The number of halogens is 1. The van der Waals surface area contributed by atoms with E-state index < -0.39 is 5.97 Å². The van der Waals surface area contributed by atoms with Gasteiger partial charge in [0.2, 0.25) is 0 Å². The molecule has 0 spiro atoms. The van der Waals surface area contributed by atoms with Gasteiger partial charge in [0.25, 0.3) is 0 Å². The van der Waals surface area contributed by atoms with Crippen LogP contribution in [0.15, 0.2) is 10.7 Å². The maximum atomic E-state index is 10.7. The Bertz CT molecular complexity index is 351.